The van der Waals surface area contributed by atoms with Gasteiger partial charge in [-0.15, -0.1) is 0 Å². The van der Waals surface area contributed by atoms with Crippen LogP contribution in [0.15, 0.2) is 48.7 Å². The van der Waals surface area contributed by atoms with Crippen LogP contribution < -0.4 is 15.5 Å². The number of fused-ring (bicyclic) bond motifs is 1. The van der Waals surface area contributed by atoms with Crippen molar-refractivity contribution in [1.82, 2.24) is 4.90 Å². The summed E-state index contributed by atoms with van der Waals surface area (Å²) in [6, 6.07) is 14.9. The summed E-state index contributed by atoms with van der Waals surface area (Å²) < 4.78 is 0. The maximum Gasteiger partial charge on any atom is 0.257 e. The van der Waals surface area contributed by atoms with Gasteiger partial charge in [0.2, 0.25) is 0 Å². The highest BCUT2D eigenvalue weighted by Crippen LogP contribution is 2.32. The normalized spacial score (nSPS) is 19.7. The average Bonchev–Trinajstić information content (AvgIpc) is 3.32. The zero-order valence-electron chi connectivity index (χ0n) is 17.5. The third kappa shape index (κ3) is 3.87. The lowest BCUT2D eigenvalue weighted by Gasteiger charge is -2.27. The number of carbonyl (C=O) groups is 1. The van der Waals surface area contributed by atoms with Crippen LogP contribution in [0.25, 0.3) is 5.57 Å². The first kappa shape index (κ1) is 19.5. The number of anilines is 3. The summed E-state index contributed by atoms with van der Waals surface area (Å²) in [4.78, 5) is 17.3. The van der Waals surface area contributed by atoms with Gasteiger partial charge in [0.15, 0.2) is 0 Å². The lowest BCUT2D eigenvalue weighted by molar-refractivity contribution is -0.110. The number of nitrogens with one attached hydrogen (secondary N) is 2. The van der Waals surface area contributed by atoms with E-state index in [-0.39, 0.29) is 5.91 Å². The fraction of sp³-hybridized carbons (Fsp3) is 0.375. The van der Waals surface area contributed by atoms with Gasteiger partial charge >= 0.3 is 0 Å². The molecule has 29 heavy (non-hydrogen) atoms. The SMILES string of the molecule is CCN(CC)C1CCN(c2ccc(N/C=C3\C(=O)Nc4ccccc43)cc2C)C1. The fourth-order valence-electron chi connectivity index (χ4n) is 4.54. The molecule has 1 unspecified atom stereocenters. The first-order valence-electron chi connectivity index (χ1n) is 10.6. The molecule has 4 rings (SSSR count). The molecule has 2 heterocycles. The predicted octanol–water partition coefficient (Wildman–Crippen LogP) is 4.32. The van der Waals surface area contributed by atoms with E-state index in [9.17, 15) is 4.79 Å². The molecular weight excluding hydrogens is 360 g/mol. The Hall–Kier alpha value is -2.79. The number of rotatable bonds is 6. The fourth-order valence-corrected chi connectivity index (χ4v) is 4.54. The summed E-state index contributed by atoms with van der Waals surface area (Å²) >= 11 is 0. The number of benzene rings is 2. The minimum Gasteiger partial charge on any atom is -0.370 e. The second-order valence-electron chi connectivity index (χ2n) is 7.81. The van der Waals surface area contributed by atoms with Gasteiger partial charge in [0.05, 0.1) is 5.57 Å². The van der Waals surface area contributed by atoms with Crippen LogP contribution in [0.1, 0.15) is 31.4 Å². The van der Waals surface area contributed by atoms with Gasteiger partial charge in [-0.2, -0.15) is 0 Å². The van der Waals surface area contributed by atoms with E-state index in [1.165, 1.54) is 17.7 Å². The Morgan fingerprint density at radius 2 is 2.00 bits per heavy atom. The van der Waals surface area contributed by atoms with E-state index in [0.717, 1.165) is 43.1 Å². The molecule has 2 N–H and O–H groups in total. The molecule has 1 saturated heterocycles. The number of amides is 1. The topological polar surface area (TPSA) is 47.6 Å². The van der Waals surface area contributed by atoms with Crippen LogP contribution in [0, 0.1) is 6.92 Å². The van der Waals surface area contributed by atoms with Crippen molar-refractivity contribution in [1.29, 1.82) is 0 Å². The van der Waals surface area contributed by atoms with Crippen molar-refractivity contribution < 1.29 is 4.79 Å². The maximum atomic E-state index is 12.3. The molecule has 0 radical (unpaired) electrons. The van der Waals surface area contributed by atoms with E-state index in [1.54, 1.807) is 0 Å². The number of hydrogen-bond donors (Lipinski definition) is 2. The van der Waals surface area contributed by atoms with Crippen LogP contribution in [0.2, 0.25) is 0 Å². The van der Waals surface area contributed by atoms with Crippen molar-refractivity contribution >= 4 is 28.5 Å². The van der Waals surface area contributed by atoms with E-state index in [4.69, 9.17) is 0 Å². The Morgan fingerprint density at radius 3 is 2.76 bits per heavy atom. The number of likely N-dealkylation sites (N-methyl/N-ethyl adjacent to an activating group) is 1. The van der Waals surface area contributed by atoms with Crippen LogP contribution in [0.4, 0.5) is 17.1 Å². The summed E-state index contributed by atoms with van der Waals surface area (Å²) in [6.45, 7) is 11.1. The van der Waals surface area contributed by atoms with Crippen molar-refractivity contribution in [2.24, 2.45) is 0 Å². The first-order valence-corrected chi connectivity index (χ1v) is 10.6. The largest absolute Gasteiger partial charge is 0.370 e. The van der Waals surface area contributed by atoms with E-state index in [0.29, 0.717) is 11.6 Å². The third-order valence-corrected chi connectivity index (χ3v) is 6.12. The Kier molecular flexibility index (Phi) is 5.58. The molecule has 0 aliphatic carbocycles. The van der Waals surface area contributed by atoms with Crippen LogP contribution in [0.3, 0.4) is 0 Å². The highest BCUT2D eigenvalue weighted by molar-refractivity contribution is 6.31. The second kappa shape index (κ2) is 8.29. The molecule has 2 aromatic carbocycles. The molecular formula is C24H30N4O. The van der Waals surface area contributed by atoms with Crippen molar-refractivity contribution in [2.45, 2.75) is 33.2 Å². The highest BCUT2D eigenvalue weighted by Gasteiger charge is 2.27. The molecule has 5 heteroatoms. The smallest absolute Gasteiger partial charge is 0.257 e. The van der Waals surface area contributed by atoms with Crippen LogP contribution >= 0.6 is 0 Å². The van der Waals surface area contributed by atoms with Crippen molar-refractivity contribution in [2.75, 3.05) is 41.7 Å². The van der Waals surface area contributed by atoms with Gasteiger partial charge in [-0.1, -0.05) is 32.0 Å². The molecule has 0 spiro atoms. The Labute approximate surface area is 173 Å². The molecule has 1 fully saturated rings. The van der Waals surface area contributed by atoms with Gasteiger partial charge in [-0.05, 0) is 56.3 Å². The monoisotopic (exact) mass is 390 g/mol. The lowest BCUT2D eigenvalue weighted by Crippen LogP contribution is -2.37. The van der Waals surface area contributed by atoms with Crippen molar-refractivity contribution in [3.8, 4) is 0 Å². The molecule has 0 saturated carbocycles. The van der Waals surface area contributed by atoms with Gasteiger partial charge in [0.25, 0.3) is 5.91 Å². The van der Waals surface area contributed by atoms with E-state index >= 15 is 0 Å². The first-order chi connectivity index (χ1) is 14.1. The Balaban J connectivity index is 1.47. The summed E-state index contributed by atoms with van der Waals surface area (Å²) in [5.74, 6) is -0.0634. The minimum atomic E-state index is -0.0634. The molecule has 2 aliphatic rings. The van der Waals surface area contributed by atoms with Crippen molar-refractivity contribution in [3.05, 3.63) is 59.8 Å². The zero-order valence-corrected chi connectivity index (χ0v) is 17.5. The maximum absolute atomic E-state index is 12.3. The van der Waals surface area contributed by atoms with Gasteiger partial charge in [-0.3, -0.25) is 9.69 Å². The summed E-state index contributed by atoms with van der Waals surface area (Å²) in [5, 5.41) is 6.22. The predicted molar refractivity (Wildman–Crippen MR) is 121 cm³/mol. The lowest BCUT2D eigenvalue weighted by atomic mass is 10.1. The summed E-state index contributed by atoms with van der Waals surface area (Å²) in [6.07, 6.45) is 3.03. The van der Waals surface area contributed by atoms with Gasteiger partial charge < -0.3 is 15.5 Å². The average molecular weight is 391 g/mol. The molecule has 0 bridgehead atoms. The summed E-state index contributed by atoms with van der Waals surface area (Å²) in [7, 11) is 0. The highest BCUT2D eigenvalue weighted by atomic mass is 16.2. The number of nitrogens with zero attached hydrogens (tertiary/aromatic N) is 2. The van der Waals surface area contributed by atoms with Gasteiger partial charge in [-0.25, -0.2) is 0 Å². The van der Waals surface area contributed by atoms with Crippen LogP contribution in [0.5, 0.6) is 0 Å². The molecule has 2 aromatic rings. The zero-order chi connectivity index (χ0) is 20.4. The summed E-state index contributed by atoms with van der Waals surface area (Å²) in [5.41, 5.74) is 6.04. The number of aryl methyl sites for hydroxylation is 1. The molecule has 2 aliphatic heterocycles. The van der Waals surface area contributed by atoms with E-state index < -0.39 is 0 Å². The Morgan fingerprint density at radius 1 is 1.21 bits per heavy atom. The van der Waals surface area contributed by atoms with E-state index in [2.05, 4.69) is 59.4 Å². The number of carbonyl (C=O) groups excluding carboxylic acids is 1. The standard InChI is InChI=1S/C24H30N4O/c1-4-27(5-2)19-12-13-28(16-19)23-11-10-18(14-17(23)3)25-15-21-20-8-6-7-9-22(20)26-24(21)29/h6-11,14-15,19,25H,4-5,12-13,16H2,1-3H3,(H,26,29)/b21-15-. The molecule has 0 aromatic heterocycles. The number of hydrogen-bond acceptors (Lipinski definition) is 4. The van der Waals surface area contributed by atoms with Crippen molar-refractivity contribution in [3.63, 3.8) is 0 Å². The molecule has 5 nitrogen and oxygen atoms in total. The minimum absolute atomic E-state index is 0.0634. The molecule has 1 atom stereocenters. The molecule has 1 amide bonds. The third-order valence-electron chi connectivity index (χ3n) is 6.12. The van der Waals surface area contributed by atoms with E-state index in [1.807, 2.05) is 30.5 Å². The van der Waals surface area contributed by atoms with Crippen LogP contribution in [-0.4, -0.2) is 43.0 Å². The van der Waals surface area contributed by atoms with Crippen LogP contribution in [-0.2, 0) is 4.79 Å². The number of para-hydroxylation sites is 1. The van der Waals surface area contributed by atoms with Gasteiger partial charge in [0.1, 0.15) is 0 Å². The quantitative estimate of drug-likeness (QED) is 0.721. The Bertz CT molecular complexity index is 932. The van der Waals surface area contributed by atoms with Gasteiger partial charge in [0, 0.05) is 48.0 Å². The molecule has 152 valence electrons. The second-order valence-corrected chi connectivity index (χ2v) is 7.81.